The van der Waals surface area contributed by atoms with E-state index in [1.54, 1.807) is 6.20 Å². The third-order valence-corrected chi connectivity index (χ3v) is 5.73. The molecule has 2 N–H and O–H groups in total. The molecular weight excluding hydrogens is 375 g/mol. The average Bonchev–Trinajstić information content (AvgIpc) is 2.98. The second kappa shape index (κ2) is 9.77. The zero-order valence-corrected chi connectivity index (χ0v) is 18.1. The maximum atomic E-state index is 13.6. The lowest BCUT2D eigenvalue weighted by molar-refractivity contribution is 0.155. The predicted octanol–water partition coefficient (Wildman–Crippen LogP) is 5.53. The van der Waals surface area contributed by atoms with Crippen molar-refractivity contribution in [1.82, 2.24) is 9.88 Å². The number of aliphatic hydroxyl groups excluding tert-OH is 1. The third kappa shape index (κ3) is 4.82. The Hall–Kier alpha value is -2.85. The number of rotatable bonds is 9. The summed E-state index contributed by atoms with van der Waals surface area (Å²) in [7, 11) is 2.06. The van der Waals surface area contributed by atoms with Gasteiger partial charge in [0.2, 0.25) is 0 Å². The lowest BCUT2D eigenvalue weighted by atomic mass is 9.93. The molecule has 0 saturated carbocycles. The highest BCUT2D eigenvalue weighted by Crippen LogP contribution is 2.39. The van der Waals surface area contributed by atoms with Crippen molar-refractivity contribution in [2.45, 2.75) is 39.2 Å². The van der Waals surface area contributed by atoms with Crippen LogP contribution in [0.25, 0.3) is 22.4 Å². The third-order valence-electron chi connectivity index (χ3n) is 5.73. The maximum Gasteiger partial charge on any atom is 0.123 e. The molecule has 4 heteroatoms. The molecule has 0 aliphatic carbocycles. The quantitative estimate of drug-likeness (QED) is 0.458. The Morgan fingerprint density at radius 3 is 2.50 bits per heavy atom. The largest absolute Gasteiger partial charge is 0.393 e. The van der Waals surface area contributed by atoms with Crippen LogP contribution in [0.1, 0.15) is 29.7 Å². The first-order valence-electron chi connectivity index (χ1n) is 10.5. The minimum Gasteiger partial charge on any atom is -0.393 e. The van der Waals surface area contributed by atoms with Gasteiger partial charge in [0.05, 0.1) is 11.8 Å². The van der Waals surface area contributed by atoms with Crippen LogP contribution < -0.4 is 5.32 Å². The van der Waals surface area contributed by atoms with Crippen molar-refractivity contribution in [3.63, 3.8) is 0 Å². The molecule has 2 aromatic carbocycles. The molecule has 0 saturated heterocycles. The van der Waals surface area contributed by atoms with Gasteiger partial charge in [-0.15, -0.1) is 0 Å². The lowest BCUT2D eigenvalue weighted by Crippen LogP contribution is -2.16. The minimum absolute atomic E-state index is 0.238. The summed E-state index contributed by atoms with van der Waals surface area (Å²) in [6, 6.07) is 15.2. The van der Waals surface area contributed by atoms with Crippen LogP contribution in [0, 0.1) is 19.7 Å². The van der Waals surface area contributed by atoms with Gasteiger partial charge in [-0.3, -0.25) is 0 Å². The fraction of sp³-hybridized carbons (Fsp3) is 0.308. The van der Waals surface area contributed by atoms with E-state index in [4.69, 9.17) is 0 Å². The number of hydrogen-bond acceptors (Lipinski definition) is 2. The summed E-state index contributed by atoms with van der Waals surface area (Å²) in [4.78, 5) is 0. The number of nitrogens with zero attached hydrogens (tertiary/aromatic N) is 1. The van der Waals surface area contributed by atoms with Crippen molar-refractivity contribution in [2.75, 3.05) is 6.54 Å². The normalized spacial score (nSPS) is 12.0. The van der Waals surface area contributed by atoms with Gasteiger partial charge in [0.25, 0.3) is 0 Å². The first kappa shape index (κ1) is 21.8. The Kier molecular flexibility index (Phi) is 7.11. The van der Waals surface area contributed by atoms with Gasteiger partial charge in [-0.1, -0.05) is 36.4 Å². The van der Waals surface area contributed by atoms with Crippen LogP contribution in [-0.4, -0.2) is 22.3 Å². The van der Waals surface area contributed by atoms with E-state index >= 15 is 0 Å². The van der Waals surface area contributed by atoms with Gasteiger partial charge in [0.15, 0.2) is 0 Å². The van der Waals surface area contributed by atoms with Gasteiger partial charge in [0.1, 0.15) is 5.82 Å². The number of nitrogens with one attached hydrogen (secondary N) is 1. The van der Waals surface area contributed by atoms with Crippen LogP contribution in [0.15, 0.2) is 61.3 Å². The highest BCUT2D eigenvalue weighted by molar-refractivity contribution is 5.85. The summed E-state index contributed by atoms with van der Waals surface area (Å²) >= 11 is 0. The van der Waals surface area contributed by atoms with E-state index in [1.165, 1.54) is 34.5 Å². The van der Waals surface area contributed by atoms with Gasteiger partial charge >= 0.3 is 0 Å². The molecule has 0 aliphatic heterocycles. The van der Waals surface area contributed by atoms with Gasteiger partial charge in [0, 0.05) is 24.8 Å². The molecule has 1 unspecified atom stereocenters. The summed E-state index contributed by atoms with van der Waals surface area (Å²) in [6.07, 6.45) is 3.42. The molecule has 3 aromatic rings. The zero-order chi connectivity index (χ0) is 21.7. The molecule has 1 heterocycles. The highest BCUT2D eigenvalue weighted by Gasteiger charge is 2.22. The smallest absolute Gasteiger partial charge is 0.123 e. The Bertz CT molecular complexity index is 1000. The second-order valence-corrected chi connectivity index (χ2v) is 7.86. The molecule has 0 aliphatic rings. The van der Waals surface area contributed by atoms with Crippen molar-refractivity contribution >= 4 is 0 Å². The van der Waals surface area contributed by atoms with Gasteiger partial charge in [-0.25, -0.2) is 4.39 Å². The standard InChI is InChI=1S/C26H31FN2O/c1-5-28-16-15-23(30)13-14-24-19(3)29(4)26(20-9-11-22(27)12-10-20)25(24)21-8-6-7-18(2)17-21/h5-12,17,23,28,30H,1,13-16H2,2-4H3. The van der Waals surface area contributed by atoms with Crippen molar-refractivity contribution in [3.8, 4) is 22.4 Å². The van der Waals surface area contributed by atoms with Crippen LogP contribution in [-0.2, 0) is 13.5 Å². The summed E-state index contributed by atoms with van der Waals surface area (Å²) in [5.41, 5.74) is 7.98. The molecule has 1 atom stereocenters. The van der Waals surface area contributed by atoms with Crippen molar-refractivity contribution < 1.29 is 9.50 Å². The van der Waals surface area contributed by atoms with E-state index in [-0.39, 0.29) is 11.9 Å². The molecule has 0 amide bonds. The zero-order valence-electron chi connectivity index (χ0n) is 18.1. The van der Waals surface area contributed by atoms with E-state index in [0.29, 0.717) is 19.4 Å². The second-order valence-electron chi connectivity index (χ2n) is 7.86. The maximum absolute atomic E-state index is 13.6. The number of hydrogen-bond donors (Lipinski definition) is 2. The number of halogens is 1. The van der Waals surface area contributed by atoms with Crippen LogP contribution >= 0.6 is 0 Å². The molecule has 0 spiro atoms. The van der Waals surface area contributed by atoms with Crippen LogP contribution in [0.5, 0.6) is 0 Å². The Balaban J connectivity index is 2.04. The Morgan fingerprint density at radius 1 is 1.10 bits per heavy atom. The van der Waals surface area contributed by atoms with E-state index in [2.05, 4.69) is 61.6 Å². The van der Waals surface area contributed by atoms with Gasteiger partial charge < -0.3 is 15.0 Å². The van der Waals surface area contributed by atoms with Crippen LogP contribution in [0.4, 0.5) is 4.39 Å². The Morgan fingerprint density at radius 2 is 1.83 bits per heavy atom. The highest BCUT2D eigenvalue weighted by atomic mass is 19.1. The number of aliphatic hydroxyl groups is 1. The minimum atomic E-state index is -0.378. The SMILES string of the molecule is C=CNCCC(O)CCc1c(-c2cccc(C)c2)c(-c2ccc(F)cc2)n(C)c1C. The summed E-state index contributed by atoms with van der Waals surface area (Å²) in [5, 5.41) is 13.5. The van der Waals surface area contributed by atoms with Crippen LogP contribution in [0.2, 0.25) is 0 Å². The van der Waals surface area contributed by atoms with E-state index in [1.807, 2.05) is 12.1 Å². The van der Waals surface area contributed by atoms with Gasteiger partial charge in [-0.05, 0) is 80.3 Å². The topological polar surface area (TPSA) is 37.2 Å². The molecule has 1 aromatic heterocycles. The molecule has 30 heavy (non-hydrogen) atoms. The fourth-order valence-corrected chi connectivity index (χ4v) is 4.03. The Labute approximate surface area is 178 Å². The average molecular weight is 407 g/mol. The summed E-state index contributed by atoms with van der Waals surface area (Å²) < 4.78 is 15.7. The molecule has 3 rings (SSSR count). The fourth-order valence-electron chi connectivity index (χ4n) is 4.03. The molecule has 0 bridgehead atoms. The van der Waals surface area contributed by atoms with Crippen molar-refractivity contribution in [1.29, 1.82) is 0 Å². The summed E-state index contributed by atoms with van der Waals surface area (Å²) in [5.74, 6) is -0.238. The first-order chi connectivity index (χ1) is 14.4. The van der Waals surface area contributed by atoms with Gasteiger partial charge in [-0.2, -0.15) is 0 Å². The number of aryl methyl sites for hydroxylation is 1. The molecule has 0 radical (unpaired) electrons. The lowest BCUT2D eigenvalue weighted by Gasteiger charge is -2.13. The van der Waals surface area contributed by atoms with E-state index < -0.39 is 0 Å². The monoisotopic (exact) mass is 406 g/mol. The van der Waals surface area contributed by atoms with E-state index in [0.717, 1.165) is 23.2 Å². The van der Waals surface area contributed by atoms with Crippen molar-refractivity contribution in [2.24, 2.45) is 7.05 Å². The molecule has 0 fully saturated rings. The summed E-state index contributed by atoms with van der Waals surface area (Å²) in [6.45, 7) is 8.56. The first-order valence-corrected chi connectivity index (χ1v) is 10.5. The van der Waals surface area contributed by atoms with Crippen molar-refractivity contribution in [3.05, 3.63) is 83.9 Å². The predicted molar refractivity (Wildman–Crippen MR) is 123 cm³/mol. The van der Waals surface area contributed by atoms with E-state index in [9.17, 15) is 9.50 Å². The molecular formula is C26H31FN2O. The number of benzene rings is 2. The number of aromatic nitrogens is 1. The molecule has 158 valence electrons. The molecule has 3 nitrogen and oxygen atoms in total. The van der Waals surface area contributed by atoms with Crippen LogP contribution in [0.3, 0.4) is 0 Å².